The van der Waals surface area contributed by atoms with Crippen LogP contribution in [0.5, 0.6) is 0 Å². The van der Waals surface area contributed by atoms with Crippen LogP contribution in [0.2, 0.25) is 0 Å². The largest absolute Gasteiger partial charge is 0.480 e. The van der Waals surface area contributed by atoms with E-state index in [4.69, 9.17) is 4.74 Å². The molecule has 3 N–H and O–H groups in total. The molecule has 2 aliphatic heterocycles. The highest BCUT2D eigenvalue weighted by molar-refractivity contribution is 5.86. The molecule has 0 spiro atoms. The Labute approximate surface area is 122 Å². The molecule has 0 bridgehead atoms. The van der Waals surface area contributed by atoms with Gasteiger partial charge in [-0.2, -0.15) is 0 Å². The second-order valence-corrected chi connectivity index (χ2v) is 5.56. The van der Waals surface area contributed by atoms with Gasteiger partial charge in [0.2, 0.25) is 5.91 Å². The lowest BCUT2D eigenvalue weighted by Gasteiger charge is -2.35. The summed E-state index contributed by atoms with van der Waals surface area (Å²) in [6.45, 7) is 2.98. The molecule has 8 heteroatoms. The maximum absolute atomic E-state index is 12.3. The van der Waals surface area contributed by atoms with E-state index in [1.807, 2.05) is 0 Å². The average Bonchev–Trinajstić information content (AvgIpc) is 2.87. The average molecular weight is 299 g/mol. The first kappa shape index (κ1) is 15.6. The van der Waals surface area contributed by atoms with Crippen molar-refractivity contribution >= 4 is 17.9 Å². The molecule has 1 atom stereocenters. The molecular weight excluding hydrogens is 278 g/mol. The topological polar surface area (TPSA) is 108 Å². The molecule has 0 aromatic rings. The minimum absolute atomic E-state index is 0.0660. The number of carboxylic acid groups (broad SMARTS) is 1. The maximum Gasteiger partial charge on any atom is 0.329 e. The van der Waals surface area contributed by atoms with Gasteiger partial charge < -0.3 is 25.4 Å². The summed E-state index contributed by atoms with van der Waals surface area (Å²) >= 11 is 0. The van der Waals surface area contributed by atoms with E-state index >= 15 is 0 Å². The zero-order chi connectivity index (χ0) is 15.5. The van der Waals surface area contributed by atoms with E-state index in [0.29, 0.717) is 32.7 Å². The third-order valence-electron chi connectivity index (χ3n) is 3.98. The van der Waals surface area contributed by atoms with Crippen molar-refractivity contribution in [1.82, 2.24) is 15.5 Å². The van der Waals surface area contributed by atoms with E-state index in [1.54, 1.807) is 4.90 Å². The van der Waals surface area contributed by atoms with Crippen LogP contribution in [0.1, 0.15) is 26.2 Å². The lowest BCUT2D eigenvalue weighted by Crippen LogP contribution is -2.60. The number of carbonyl (C=O) groups is 3. The number of urea groups is 1. The van der Waals surface area contributed by atoms with Crippen LogP contribution in [-0.4, -0.2) is 65.8 Å². The third-order valence-corrected chi connectivity index (χ3v) is 3.98. The highest BCUT2D eigenvalue weighted by Gasteiger charge is 2.43. The van der Waals surface area contributed by atoms with Gasteiger partial charge in [0.05, 0.1) is 0 Å². The van der Waals surface area contributed by atoms with Gasteiger partial charge >= 0.3 is 12.0 Å². The highest BCUT2D eigenvalue weighted by atomic mass is 16.5. The fourth-order valence-corrected chi connectivity index (χ4v) is 2.75. The number of likely N-dealkylation sites (tertiary alicyclic amines) is 1. The van der Waals surface area contributed by atoms with Gasteiger partial charge in [-0.1, -0.05) is 0 Å². The minimum Gasteiger partial charge on any atom is -0.480 e. The summed E-state index contributed by atoms with van der Waals surface area (Å²) in [5.74, 6) is -1.16. The Hall–Kier alpha value is -1.83. The normalized spacial score (nSPS) is 24.4. The van der Waals surface area contributed by atoms with Crippen molar-refractivity contribution in [2.75, 3.05) is 26.3 Å². The van der Waals surface area contributed by atoms with Gasteiger partial charge in [-0.15, -0.1) is 0 Å². The van der Waals surface area contributed by atoms with E-state index in [1.165, 1.54) is 6.92 Å². The monoisotopic (exact) mass is 299 g/mol. The standard InChI is InChI=1S/C13H21N3O5/c1-9(17)14-10-2-5-16(8-10)12(20)15-13(11(18)19)3-6-21-7-4-13/h10H,2-8H2,1H3,(H,14,17)(H,15,20)(H,18,19). The Morgan fingerprint density at radius 3 is 2.52 bits per heavy atom. The predicted molar refractivity (Wildman–Crippen MR) is 72.7 cm³/mol. The number of carbonyl (C=O) groups excluding carboxylic acids is 2. The molecule has 21 heavy (non-hydrogen) atoms. The molecule has 0 radical (unpaired) electrons. The molecule has 118 valence electrons. The van der Waals surface area contributed by atoms with E-state index in [2.05, 4.69) is 10.6 Å². The van der Waals surface area contributed by atoms with Crippen LogP contribution in [0.25, 0.3) is 0 Å². The minimum atomic E-state index is -1.25. The van der Waals surface area contributed by atoms with Gasteiger partial charge in [0.25, 0.3) is 0 Å². The molecule has 0 aromatic heterocycles. The number of hydrogen-bond acceptors (Lipinski definition) is 4. The molecule has 0 saturated carbocycles. The van der Waals surface area contributed by atoms with Crippen molar-refractivity contribution in [1.29, 1.82) is 0 Å². The molecule has 0 aliphatic carbocycles. The molecule has 3 amide bonds. The molecule has 0 aromatic carbocycles. The molecule has 2 heterocycles. The number of amides is 3. The van der Waals surface area contributed by atoms with Gasteiger partial charge in [-0.05, 0) is 6.42 Å². The quantitative estimate of drug-likeness (QED) is 0.653. The van der Waals surface area contributed by atoms with Crippen molar-refractivity contribution in [3.05, 3.63) is 0 Å². The van der Waals surface area contributed by atoms with Gasteiger partial charge in [-0.3, -0.25) is 4.79 Å². The lowest BCUT2D eigenvalue weighted by molar-refractivity contribution is -0.148. The Bertz CT molecular complexity index is 434. The smallest absolute Gasteiger partial charge is 0.329 e. The first-order valence-electron chi connectivity index (χ1n) is 7.08. The summed E-state index contributed by atoms with van der Waals surface area (Å²) in [5, 5.41) is 14.8. The number of nitrogens with zero attached hydrogens (tertiary/aromatic N) is 1. The number of rotatable bonds is 3. The van der Waals surface area contributed by atoms with Crippen molar-refractivity contribution in [2.45, 2.75) is 37.8 Å². The van der Waals surface area contributed by atoms with E-state index in [0.717, 1.165) is 0 Å². The number of hydrogen-bond donors (Lipinski definition) is 3. The summed E-state index contributed by atoms with van der Waals surface area (Å²) in [6.07, 6.45) is 1.20. The molecule has 2 rings (SSSR count). The van der Waals surface area contributed by atoms with Crippen molar-refractivity contribution in [3.63, 3.8) is 0 Å². The van der Waals surface area contributed by atoms with Crippen LogP contribution in [0.4, 0.5) is 4.79 Å². The predicted octanol–water partition coefficient (Wildman–Crippen LogP) is -0.460. The maximum atomic E-state index is 12.3. The Morgan fingerprint density at radius 2 is 1.95 bits per heavy atom. The fourth-order valence-electron chi connectivity index (χ4n) is 2.75. The summed E-state index contributed by atoms with van der Waals surface area (Å²) < 4.78 is 5.17. The van der Waals surface area contributed by atoms with Crippen LogP contribution < -0.4 is 10.6 Å². The number of carboxylic acids is 1. The van der Waals surface area contributed by atoms with Crippen molar-refractivity contribution < 1.29 is 24.2 Å². The van der Waals surface area contributed by atoms with Gasteiger partial charge in [0.1, 0.15) is 5.54 Å². The van der Waals surface area contributed by atoms with E-state index in [-0.39, 0.29) is 24.8 Å². The van der Waals surface area contributed by atoms with Crippen molar-refractivity contribution in [3.8, 4) is 0 Å². The van der Waals surface area contributed by atoms with Gasteiger partial charge in [0, 0.05) is 52.1 Å². The fraction of sp³-hybridized carbons (Fsp3) is 0.769. The number of nitrogens with one attached hydrogen (secondary N) is 2. The Morgan fingerprint density at radius 1 is 1.29 bits per heavy atom. The molecular formula is C13H21N3O5. The second-order valence-electron chi connectivity index (χ2n) is 5.56. The van der Waals surface area contributed by atoms with E-state index < -0.39 is 17.5 Å². The Balaban J connectivity index is 1.94. The molecule has 8 nitrogen and oxygen atoms in total. The van der Waals surface area contributed by atoms with Crippen LogP contribution in [-0.2, 0) is 14.3 Å². The Kier molecular flexibility index (Phi) is 4.66. The SMILES string of the molecule is CC(=O)NC1CCN(C(=O)NC2(C(=O)O)CCOCC2)C1. The van der Waals surface area contributed by atoms with Crippen LogP contribution in [0, 0.1) is 0 Å². The number of ether oxygens (including phenoxy) is 1. The zero-order valence-corrected chi connectivity index (χ0v) is 12.1. The third kappa shape index (κ3) is 3.63. The highest BCUT2D eigenvalue weighted by Crippen LogP contribution is 2.22. The van der Waals surface area contributed by atoms with Gasteiger partial charge in [-0.25, -0.2) is 9.59 Å². The molecule has 2 aliphatic rings. The first-order chi connectivity index (χ1) is 9.93. The summed E-state index contributed by atoms with van der Waals surface area (Å²) in [5.41, 5.74) is -1.25. The summed E-state index contributed by atoms with van der Waals surface area (Å²) in [4.78, 5) is 36.3. The first-order valence-corrected chi connectivity index (χ1v) is 7.08. The summed E-state index contributed by atoms with van der Waals surface area (Å²) in [6, 6.07) is -0.462. The number of aliphatic carboxylic acids is 1. The second kappa shape index (κ2) is 6.30. The molecule has 2 fully saturated rings. The van der Waals surface area contributed by atoms with Crippen LogP contribution in [0.3, 0.4) is 0 Å². The summed E-state index contributed by atoms with van der Waals surface area (Å²) in [7, 11) is 0. The van der Waals surface area contributed by atoms with Crippen LogP contribution >= 0.6 is 0 Å². The molecule has 2 saturated heterocycles. The zero-order valence-electron chi connectivity index (χ0n) is 12.1. The van der Waals surface area contributed by atoms with E-state index in [9.17, 15) is 19.5 Å². The lowest BCUT2D eigenvalue weighted by atomic mass is 9.90. The van der Waals surface area contributed by atoms with Crippen molar-refractivity contribution in [2.24, 2.45) is 0 Å². The van der Waals surface area contributed by atoms with Crippen LogP contribution in [0.15, 0.2) is 0 Å². The molecule has 1 unspecified atom stereocenters. The van der Waals surface area contributed by atoms with Gasteiger partial charge in [0.15, 0.2) is 0 Å².